The molecular formula is C14H20F3N. The average molecular weight is 259 g/mol. The van der Waals surface area contributed by atoms with Crippen LogP contribution in [0, 0.1) is 23.4 Å². The molecule has 1 N–H and O–H groups in total. The fourth-order valence-electron chi connectivity index (χ4n) is 1.86. The molecule has 1 aromatic carbocycles. The number of rotatable bonds is 6. The molecule has 2 unspecified atom stereocenters. The highest BCUT2D eigenvalue weighted by atomic mass is 19.1. The summed E-state index contributed by atoms with van der Waals surface area (Å²) in [6.07, 6.45) is 2.62. The standard InChI is InChI=1S/C14H20F3N/c1-4-9(3)6-11(5-2)18-14-12(16)7-10(15)8-13(14)17/h7-9,11,18H,4-6H2,1-3H3. The first-order valence-electron chi connectivity index (χ1n) is 6.38. The number of benzene rings is 1. The molecule has 0 radical (unpaired) electrons. The molecule has 0 spiro atoms. The Hall–Kier alpha value is -1.19. The maximum absolute atomic E-state index is 13.5. The number of nitrogens with one attached hydrogen (secondary N) is 1. The summed E-state index contributed by atoms with van der Waals surface area (Å²) >= 11 is 0. The van der Waals surface area contributed by atoms with Crippen molar-refractivity contribution in [3.8, 4) is 0 Å². The number of halogens is 3. The monoisotopic (exact) mass is 259 g/mol. The van der Waals surface area contributed by atoms with Crippen molar-refractivity contribution in [3.63, 3.8) is 0 Å². The highest BCUT2D eigenvalue weighted by Gasteiger charge is 2.16. The minimum Gasteiger partial charge on any atom is -0.378 e. The highest BCUT2D eigenvalue weighted by molar-refractivity contribution is 5.47. The molecule has 1 nitrogen and oxygen atoms in total. The van der Waals surface area contributed by atoms with Crippen molar-refractivity contribution in [3.05, 3.63) is 29.6 Å². The minimum absolute atomic E-state index is 0.00517. The Kier molecular flexibility index (Phi) is 5.51. The minimum atomic E-state index is -0.898. The van der Waals surface area contributed by atoms with E-state index in [1.165, 1.54) is 0 Å². The van der Waals surface area contributed by atoms with Gasteiger partial charge in [0.1, 0.15) is 11.5 Å². The van der Waals surface area contributed by atoms with Crippen LogP contribution in [0.1, 0.15) is 40.0 Å². The van der Waals surface area contributed by atoms with Gasteiger partial charge < -0.3 is 5.32 Å². The SMILES string of the molecule is CCC(C)CC(CC)Nc1c(F)cc(F)cc1F. The molecule has 0 saturated heterocycles. The van der Waals surface area contributed by atoms with E-state index >= 15 is 0 Å². The first-order valence-corrected chi connectivity index (χ1v) is 6.38. The van der Waals surface area contributed by atoms with Gasteiger partial charge in [0.15, 0.2) is 11.6 Å². The van der Waals surface area contributed by atoms with Gasteiger partial charge in [-0.2, -0.15) is 0 Å². The van der Waals surface area contributed by atoms with Crippen LogP contribution in [0.2, 0.25) is 0 Å². The maximum Gasteiger partial charge on any atom is 0.152 e. The van der Waals surface area contributed by atoms with Crippen molar-refractivity contribution >= 4 is 5.69 Å². The summed E-state index contributed by atoms with van der Waals surface area (Å²) in [6, 6.07) is 1.39. The second kappa shape index (κ2) is 6.66. The fourth-order valence-corrected chi connectivity index (χ4v) is 1.86. The largest absolute Gasteiger partial charge is 0.378 e. The van der Waals surface area contributed by atoms with E-state index in [4.69, 9.17) is 0 Å². The van der Waals surface area contributed by atoms with Gasteiger partial charge in [0, 0.05) is 18.2 Å². The highest BCUT2D eigenvalue weighted by Crippen LogP contribution is 2.23. The zero-order valence-electron chi connectivity index (χ0n) is 11.1. The lowest BCUT2D eigenvalue weighted by molar-refractivity contribution is 0.457. The van der Waals surface area contributed by atoms with Gasteiger partial charge in [-0.3, -0.25) is 0 Å². The number of anilines is 1. The van der Waals surface area contributed by atoms with Crippen LogP contribution in [0.15, 0.2) is 12.1 Å². The van der Waals surface area contributed by atoms with Crippen molar-refractivity contribution in [2.24, 2.45) is 5.92 Å². The van der Waals surface area contributed by atoms with Crippen molar-refractivity contribution < 1.29 is 13.2 Å². The zero-order chi connectivity index (χ0) is 13.7. The van der Waals surface area contributed by atoms with Crippen LogP contribution in [0.5, 0.6) is 0 Å². The Morgan fingerprint density at radius 1 is 1.06 bits per heavy atom. The van der Waals surface area contributed by atoms with Crippen LogP contribution in [0.3, 0.4) is 0 Å². The smallest absolute Gasteiger partial charge is 0.152 e. The Labute approximate surface area is 106 Å². The van der Waals surface area contributed by atoms with Crippen molar-refractivity contribution in [1.29, 1.82) is 0 Å². The topological polar surface area (TPSA) is 12.0 Å². The molecule has 0 heterocycles. The molecule has 1 aromatic rings. The molecule has 2 atom stereocenters. The molecule has 0 bridgehead atoms. The molecule has 0 aliphatic rings. The Bertz CT molecular complexity index is 370. The van der Waals surface area contributed by atoms with Crippen LogP contribution < -0.4 is 5.32 Å². The van der Waals surface area contributed by atoms with Gasteiger partial charge in [-0.1, -0.05) is 27.2 Å². The van der Waals surface area contributed by atoms with E-state index in [-0.39, 0.29) is 11.7 Å². The van der Waals surface area contributed by atoms with Crippen LogP contribution in [0.25, 0.3) is 0 Å². The molecule has 0 aliphatic carbocycles. The second-order valence-corrected chi connectivity index (χ2v) is 4.74. The van der Waals surface area contributed by atoms with Crippen LogP contribution in [0.4, 0.5) is 18.9 Å². The van der Waals surface area contributed by atoms with Gasteiger partial charge in [-0.05, 0) is 18.8 Å². The lowest BCUT2D eigenvalue weighted by atomic mass is 9.97. The Balaban J connectivity index is 2.82. The summed E-state index contributed by atoms with van der Waals surface area (Å²) in [5, 5.41) is 2.84. The van der Waals surface area contributed by atoms with Crippen LogP contribution in [-0.2, 0) is 0 Å². The molecule has 102 valence electrons. The lowest BCUT2D eigenvalue weighted by Crippen LogP contribution is -2.22. The third kappa shape index (κ3) is 3.93. The zero-order valence-corrected chi connectivity index (χ0v) is 11.1. The van der Waals surface area contributed by atoms with Crippen LogP contribution in [-0.4, -0.2) is 6.04 Å². The quantitative estimate of drug-likeness (QED) is 0.778. The predicted molar refractivity (Wildman–Crippen MR) is 68.1 cm³/mol. The van der Waals surface area contributed by atoms with Gasteiger partial charge in [0.2, 0.25) is 0 Å². The van der Waals surface area contributed by atoms with Gasteiger partial charge in [-0.25, -0.2) is 13.2 Å². The number of hydrogen-bond donors (Lipinski definition) is 1. The van der Waals surface area contributed by atoms with E-state index in [2.05, 4.69) is 19.2 Å². The Morgan fingerprint density at radius 3 is 2.06 bits per heavy atom. The van der Waals surface area contributed by atoms with Gasteiger partial charge in [0.25, 0.3) is 0 Å². The number of hydrogen-bond acceptors (Lipinski definition) is 1. The van der Waals surface area contributed by atoms with E-state index in [1.807, 2.05) is 6.92 Å². The van der Waals surface area contributed by atoms with Gasteiger partial charge in [0.05, 0.1) is 0 Å². The fraction of sp³-hybridized carbons (Fsp3) is 0.571. The van der Waals surface area contributed by atoms with E-state index in [0.717, 1.165) is 19.3 Å². The maximum atomic E-state index is 13.5. The normalized spacial score (nSPS) is 14.3. The third-order valence-electron chi connectivity index (χ3n) is 3.23. The molecule has 4 heteroatoms. The van der Waals surface area contributed by atoms with Crippen LogP contribution >= 0.6 is 0 Å². The Morgan fingerprint density at radius 2 is 1.61 bits per heavy atom. The summed E-state index contributed by atoms with van der Waals surface area (Å²) in [4.78, 5) is 0. The molecule has 0 aromatic heterocycles. The molecule has 0 fully saturated rings. The third-order valence-corrected chi connectivity index (χ3v) is 3.23. The van der Waals surface area contributed by atoms with E-state index in [9.17, 15) is 13.2 Å². The van der Waals surface area contributed by atoms with E-state index < -0.39 is 17.5 Å². The summed E-state index contributed by atoms with van der Waals surface area (Å²) in [5.74, 6) is -2.18. The summed E-state index contributed by atoms with van der Waals surface area (Å²) < 4.78 is 39.8. The molecule has 0 amide bonds. The van der Waals surface area contributed by atoms with Crippen molar-refractivity contribution in [2.45, 2.75) is 46.1 Å². The summed E-state index contributed by atoms with van der Waals surface area (Å²) in [7, 11) is 0. The second-order valence-electron chi connectivity index (χ2n) is 4.74. The first kappa shape index (κ1) is 14.9. The molecule has 18 heavy (non-hydrogen) atoms. The molecular weight excluding hydrogens is 239 g/mol. The van der Waals surface area contributed by atoms with Crippen molar-refractivity contribution in [2.75, 3.05) is 5.32 Å². The summed E-state index contributed by atoms with van der Waals surface area (Å²) in [6.45, 7) is 6.14. The molecule has 0 saturated carbocycles. The van der Waals surface area contributed by atoms with E-state index in [1.54, 1.807) is 0 Å². The van der Waals surface area contributed by atoms with E-state index in [0.29, 0.717) is 18.1 Å². The molecule has 0 aliphatic heterocycles. The summed E-state index contributed by atoms with van der Waals surface area (Å²) in [5.41, 5.74) is -0.230. The van der Waals surface area contributed by atoms with Gasteiger partial charge >= 0.3 is 0 Å². The lowest BCUT2D eigenvalue weighted by Gasteiger charge is -2.22. The average Bonchev–Trinajstić information content (AvgIpc) is 2.31. The van der Waals surface area contributed by atoms with Crippen molar-refractivity contribution in [1.82, 2.24) is 0 Å². The van der Waals surface area contributed by atoms with Gasteiger partial charge in [-0.15, -0.1) is 0 Å². The first-order chi connectivity index (χ1) is 8.47. The predicted octanol–water partition coefficient (Wildman–Crippen LogP) is 4.73. The molecule has 1 rings (SSSR count).